The molecule has 0 spiro atoms. The molecule has 0 unspecified atom stereocenters. The van der Waals surface area contributed by atoms with Gasteiger partial charge in [0.25, 0.3) is 0 Å². The Morgan fingerprint density at radius 2 is 2.00 bits per heavy atom. The van der Waals surface area contributed by atoms with E-state index >= 15 is 0 Å². The zero-order valence-corrected chi connectivity index (χ0v) is 12.0. The Hall–Kier alpha value is -1.96. The molecule has 7 heteroatoms. The van der Waals surface area contributed by atoms with Crippen LogP contribution in [-0.4, -0.2) is 15.0 Å². The molecule has 0 aliphatic heterocycles. The lowest BCUT2D eigenvalue weighted by atomic mass is 10.2. The maximum Gasteiger partial charge on any atom is 0.162 e. The summed E-state index contributed by atoms with van der Waals surface area (Å²) in [6.07, 6.45) is 1.77. The van der Waals surface area contributed by atoms with Gasteiger partial charge in [-0.05, 0) is 11.8 Å². The standard InChI is InChI=1S/C13H11N5S2/c14-18-10-8-11(20-13-15-6-7-19-13)17-12(16-10)9-4-2-1-3-5-9/h1-8H,14H2,(H,16,17,18). The number of benzene rings is 1. The number of anilines is 1. The Balaban J connectivity index is 1.99. The molecular formula is C13H11N5S2. The van der Waals surface area contributed by atoms with Gasteiger partial charge in [-0.3, -0.25) is 0 Å². The van der Waals surface area contributed by atoms with Gasteiger partial charge in [-0.15, -0.1) is 11.3 Å². The average molecular weight is 301 g/mol. The minimum atomic E-state index is 0.581. The van der Waals surface area contributed by atoms with Crippen molar-refractivity contribution < 1.29 is 0 Å². The predicted octanol–water partition coefficient (Wildman–Crippen LogP) is 3.04. The fraction of sp³-hybridized carbons (Fsp3) is 0. The van der Waals surface area contributed by atoms with Gasteiger partial charge in [0.05, 0.1) is 0 Å². The number of aromatic nitrogens is 3. The second-order valence-electron chi connectivity index (χ2n) is 3.83. The van der Waals surface area contributed by atoms with Gasteiger partial charge in [0, 0.05) is 23.2 Å². The number of nitrogens with zero attached hydrogens (tertiary/aromatic N) is 3. The molecule has 0 atom stereocenters. The lowest BCUT2D eigenvalue weighted by Crippen LogP contribution is -2.09. The van der Waals surface area contributed by atoms with Crippen molar-refractivity contribution in [1.82, 2.24) is 15.0 Å². The van der Waals surface area contributed by atoms with Gasteiger partial charge in [-0.2, -0.15) is 0 Å². The van der Waals surface area contributed by atoms with Crippen LogP contribution in [0.15, 0.2) is 57.3 Å². The maximum atomic E-state index is 5.48. The highest BCUT2D eigenvalue weighted by atomic mass is 32.2. The zero-order chi connectivity index (χ0) is 13.8. The molecule has 2 aromatic heterocycles. The number of hydrogen-bond donors (Lipinski definition) is 2. The van der Waals surface area contributed by atoms with Crippen LogP contribution in [0.1, 0.15) is 0 Å². The molecule has 0 fully saturated rings. The molecule has 0 aliphatic carbocycles. The summed E-state index contributed by atoms with van der Waals surface area (Å²) in [6.45, 7) is 0. The van der Waals surface area contributed by atoms with Crippen LogP contribution in [0.3, 0.4) is 0 Å². The van der Waals surface area contributed by atoms with Gasteiger partial charge in [-0.1, -0.05) is 30.3 Å². The number of nitrogen functional groups attached to an aromatic ring is 1. The van der Waals surface area contributed by atoms with Crippen molar-refractivity contribution in [2.45, 2.75) is 9.37 Å². The Morgan fingerprint density at radius 3 is 2.70 bits per heavy atom. The van der Waals surface area contributed by atoms with E-state index in [4.69, 9.17) is 5.84 Å². The number of nitrogens with two attached hydrogens (primary N) is 1. The Morgan fingerprint density at radius 1 is 1.15 bits per heavy atom. The summed E-state index contributed by atoms with van der Waals surface area (Å²) in [5, 5.41) is 2.74. The number of hydrogen-bond acceptors (Lipinski definition) is 7. The van der Waals surface area contributed by atoms with Crippen LogP contribution in [0.5, 0.6) is 0 Å². The summed E-state index contributed by atoms with van der Waals surface area (Å²) in [4.78, 5) is 13.2. The van der Waals surface area contributed by atoms with E-state index in [0.717, 1.165) is 14.9 Å². The van der Waals surface area contributed by atoms with Crippen molar-refractivity contribution >= 4 is 28.9 Å². The fourth-order valence-electron chi connectivity index (χ4n) is 1.62. The molecule has 0 amide bonds. The smallest absolute Gasteiger partial charge is 0.162 e. The third-order valence-corrected chi connectivity index (χ3v) is 4.29. The van der Waals surface area contributed by atoms with Crippen molar-refractivity contribution in [3.8, 4) is 11.4 Å². The van der Waals surface area contributed by atoms with Crippen molar-refractivity contribution in [2.24, 2.45) is 5.84 Å². The molecule has 100 valence electrons. The average Bonchev–Trinajstić information content (AvgIpc) is 3.00. The van der Waals surface area contributed by atoms with Gasteiger partial charge in [0.15, 0.2) is 10.2 Å². The summed E-state index contributed by atoms with van der Waals surface area (Å²) in [7, 11) is 0. The number of nitrogens with one attached hydrogen (secondary N) is 1. The topological polar surface area (TPSA) is 76.7 Å². The highest BCUT2D eigenvalue weighted by molar-refractivity contribution is 8.01. The minimum absolute atomic E-state index is 0.581. The Kier molecular flexibility index (Phi) is 3.91. The first-order chi connectivity index (χ1) is 9.85. The maximum absolute atomic E-state index is 5.48. The fourth-order valence-corrected chi connectivity index (χ4v) is 3.19. The lowest BCUT2D eigenvalue weighted by Gasteiger charge is -2.06. The summed E-state index contributed by atoms with van der Waals surface area (Å²) >= 11 is 3.07. The number of thiazole rings is 1. The van der Waals surface area contributed by atoms with Gasteiger partial charge < -0.3 is 5.43 Å². The zero-order valence-electron chi connectivity index (χ0n) is 10.4. The molecule has 0 saturated heterocycles. The van der Waals surface area contributed by atoms with E-state index < -0.39 is 0 Å². The molecule has 20 heavy (non-hydrogen) atoms. The van der Waals surface area contributed by atoms with E-state index in [-0.39, 0.29) is 0 Å². The SMILES string of the molecule is NNc1cc(Sc2nccs2)nc(-c2ccccc2)n1. The highest BCUT2D eigenvalue weighted by Crippen LogP contribution is 2.30. The second-order valence-corrected chi connectivity index (χ2v) is 5.99. The molecule has 0 saturated carbocycles. The lowest BCUT2D eigenvalue weighted by molar-refractivity contribution is 1.05. The van der Waals surface area contributed by atoms with Crippen LogP contribution in [0.4, 0.5) is 5.82 Å². The molecule has 2 heterocycles. The van der Waals surface area contributed by atoms with E-state index in [1.807, 2.05) is 35.7 Å². The van der Waals surface area contributed by atoms with Crippen molar-refractivity contribution in [3.63, 3.8) is 0 Å². The van der Waals surface area contributed by atoms with Crippen LogP contribution < -0.4 is 11.3 Å². The van der Waals surface area contributed by atoms with Crippen molar-refractivity contribution in [2.75, 3.05) is 5.43 Å². The van der Waals surface area contributed by atoms with Gasteiger partial charge >= 0.3 is 0 Å². The normalized spacial score (nSPS) is 10.4. The molecule has 0 radical (unpaired) electrons. The number of hydrazine groups is 1. The molecule has 3 N–H and O–H groups in total. The first-order valence-electron chi connectivity index (χ1n) is 5.83. The van der Waals surface area contributed by atoms with Gasteiger partial charge in [-0.25, -0.2) is 20.8 Å². The van der Waals surface area contributed by atoms with E-state index in [1.54, 1.807) is 23.6 Å². The van der Waals surface area contributed by atoms with E-state index in [9.17, 15) is 0 Å². The van der Waals surface area contributed by atoms with E-state index in [1.165, 1.54) is 11.8 Å². The monoisotopic (exact) mass is 301 g/mol. The van der Waals surface area contributed by atoms with Crippen LogP contribution in [0.2, 0.25) is 0 Å². The van der Waals surface area contributed by atoms with Gasteiger partial charge in [0.2, 0.25) is 0 Å². The second kappa shape index (κ2) is 6.00. The molecule has 1 aromatic carbocycles. The molecule has 0 bridgehead atoms. The summed E-state index contributed by atoms with van der Waals surface area (Å²) < 4.78 is 0.936. The number of rotatable bonds is 4. The molecule has 0 aliphatic rings. The summed E-state index contributed by atoms with van der Waals surface area (Å²) in [5.41, 5.74) is 3.53. The van der Waals surface area contributed by atoms with E-state index in [0.29, 0.717) is 11.6 Å². The van der Waals surface area contributed by atoms with Crippen molar-refractivity contribution in [3.05, 3.63) is 48.0 Å². The van der Waals surface area contributed by atoms with Crippen LogP contribution in [0.25, 0.3) is 11.4 Å². The first-order valence-corrected chi connectivity index (χ1v) is 7.53. The quantitative estimate of drug-likeness (QED) is 0.438. The third-order valence-electron chi connectivity index (χ3n) is 2.48. The molecule has 5 nitrogen and oxygen atoms in total. The van der Waals surface area contributed by atoms with E-state index in [2.05, 4.69) is 20.4 Å². The largest absolute Gasteiger partial charge is 0.308 e. The summed E-state index contributed by atoms with van der Waals surface area (Å²) in [5.74, 6) is 6.70. The first kappa shape index (κ1) is 13.0. The van der Waals surface area contributed by atoms with Crippen LogP contribution in [-0.2, 0) is 0 Å². The predicted molar refractivity (Wildman–Crippen MR) is 81.5 cm³/mol. The molecular weight excluding hydrogens is 290 g/mol. The minimum Gasteiger partial charge on any atom is -0.308 e. The summed E-state index contributed by atoms with van der Waals surface area (Å²) in [6, 6.07) is 11.6. The molecule has 3 aromatic rings. The highest BCUT2D eigenvalue weighted by Gasteiger charge is 2.08. The van der Waals surface area contributed by atoms with Gasteiger partial charge in [0.1, 0.15) is 10.8 Å². The van der Waals surface area contributed by atoms with Crippen LogP contribution >= 0.6 is 23.1 Å². The van der Waals surface area contributed by atoms with Crippen LogP contribution in [0, 0.1) is 0 Å². The molecule has 3 rings (SSSR count). The van der Waals surface area contributed by atoms with Crippen molar-refractivity contribution in [1.29, 1.82) is 0 Å². The Labute approximate surface area is 124 Å². The third kappa shape index (κ3) is 2.96. The Bertz CT molecular complexity index is 685.